The number of nitrogens with zero attached hydrogens (tertiary/aromatic N) is 1. The number of carbonyl (C=O) groups is 1. The molecule has 2 saturated carbocycles. The number of rotatable bonds is 5. The van der Waals surface area contributed by atoms with Crippen LogP contribution in [0.1, 0.15) is 42.6 Å². The second-order valence-corrected chi connectivity index (χ2v) is 6.73. The van der Waals surface area contributed by atoms with E-state index in [1.807, 2.05) is 0 Å². The lowest BCUT2D eigenvalue weighted by atomic mass is 9.67. The number of ether oxygens (including phenoxy) is 1. The minimum Gasteiger partial charge on any atom is -0.485 e. The summed E-state index contributed by atoms with van der Waals surface area (Å²) in [5.74, 6) is 0.487. The standard InChI is InChI=1S/C17H23F2N3O2.2ClH/c18-14(19)9-24-13-5-2-6-21-16(13)17(23)22-15-10-3-1-4-11(15)8-12(20)7-10;;/h2,5-6,10-12,14-15H,1,3-4,7-9,20H2,(H,22,23);2*1H. The molecule has 2 aliphatic carbocycles. The van der Waals surface area contributed by atoms with E-state index in [0.717, 1.165) is 25.7 Å². The fraction of sp³-hybridized carbons (Fsp3) is 0.647. The number of fused-ring (bicyclic) bond motifs is 2. The molecular weight excluding hydrogens is 387 g/mol. The van der Waals surface area contributed by atoms with E-state index in [-0.39, 0.29) is 54.2 Å². The quantitative estimate of drug-likeness (QED) is 0.779. The topological polar surface area (TPSA) is 77.2 Å². The molecule has 0 radical (unpaired) electrons. The highest BCUT2D eigenvalue weighted by molar-refractivity contribution is 5.95. The maximum absolute atomic E-state index is 12.6. The number of halogens is 4. The van der Waals surface area contributed by atoms with E-state index in [4.69, 9.17) is 10.5 Å². The summed E-state index contributed by atoms with van der Waals surface area (Å²) in [5.41, 5.74) is 6.17. The molecule has 5 nitrogen and oxygen atoms in total. The summed E-state index contributed by atoms with van der Waals surface area (Å²) in [6.45, 7) is -0.754. The van der Waals surface area contributed by atoms with Crippen LogP contribution in [0.5, 0.6) is 5.75 Å². The van der Waals surface area contributed by atoms with Crippen molar-refractivity contribution in [2.45, 2.75) is 50.6 Å². The number of alkyl halides is 2. The first-order valence-electron chi connectivity index (χ1n) is 8.47. The van der Waals surface area contributed by atoms with E-state index in [1.165, 1.54) is 18.7 Å². The third kappa shape index (κ3) is 5.41. The Labute approximate surface area is 164 Å². The zero-order chi connectivity index (χ0) is 17.1. The van der Waals surface area contributed by atoms with E-state index in [0.29, 0.717) is 11.8 Å². The number of carbonyl (C=O) groups excluding carboxylic acids is 1. The predicted octanol–water partition coefficient (Wildman–Crippen LogP) is 3.20. The van der Waals surface area contributed by atoms with Crippen LogP contribution in [0.3, 0.4) is 0 Å². The summed E-state index contributed by atoms with van der Waals surface area (Å²) in [5, 5.41) is 3.06. The number of hydrogen-bond donors (Lipinski definition) is 2. The summed E-state index contributed by atoms with van der Waals surface area (Å²) in [6.07, 6.45) is 3.98. The molecule has 1 heterocycles. The number of nitrogens with one attached hydrogen (secondary N) is 1. The van der Waals surface area contributed by atoms with Gasteiger partial charge in [0.1, 0.15) is 6.61 Å². The van der Waals surface area contributed by atoms with Crippen molar-refractivity contribution in [3.8, 4) is 5.75 Å². The highest BCUT2D eigenvalue weighted by Gasteiger charge is 2.40. The van der Waals surface area contributed by atoms with E-state index in [2.05, 4.69) is 10.3 Å². The van der Waals surface area contributed by atoms with Crippen molar-refractivity contribution in [1.29, 1.82) is 0 Å². The highest BCUT2D eigenvalue weighted by Crippen LogP contribution is 2.39. The van der Waals surface area contributed by atoms with Crippen molar-refractivity contribution in [1.82, 2.24) is 10.3 Å². The van der Waals surface area contributed by atoms with Gasteiger partial charge in [-0.15, -0.1) is 24.8 Å². The lowest BCUT2D eigenvalue weighted by Gasteiger charge is -2.45. The zero-order valence-electron chi connectivity index (χ0n) is 14.3. The van der Waals surface area contributed by atoms with Gasteiger partial charge in [-0.25, -0.2) is 13.8 Å². The minimum atomic E-state index is -2.60. The summed E-state index contributed by atoms with van der Waals surface area (Å²) in [4.78, 5) is 16.6. The van der Waals surface area contributed by atoms with Crippen LogP contribution < -0.4 is 15.8 Å². The molecule has 0 aliphatic heterocycles. The smallest absolute Gasteiger partial charge is 0.273 e. The Morgan fingerprint density at radius 1 is 1.31 bits per heavy atom. The number of aromatic nitrogens is 1. The second-order valence-electron chi connectivity index (χ2n) is 6.73. The third-order valence-corrected chi connectivity index (χ3v) is 5.02. The normalized spacial score (nSPS) is 27.1. The summed E-state index contributed by atoms with van der Waals surface area (Å²) in [7, 11) is 0. The van der Waals surface area contributed by atoms with E-state index in [9.17, 15) is 13.6 Å². The molecular formula is C17H25Cl2F2N3O2. The van der Waals surface area contributed by atoms with Crippen LogP contribution in [-0.4, -0.2) is 36.0 Å². The molecule has 2 fully saturated rings. The molecule has 1 aromatic rings. The van der Waals surface area contributed by atoms with E-state index < -0.39 is 13.0 Å². The molecule has 1 aromatic heterocycles. The van der Waals surface area contributed by atoms with Crippen LogP contribution in [0.4, 0.5) is 8.78 Å². The monoisotopic (exact) mass is 411 g/mol. The Morgan fingerprint density at radius 3 is 2.58 bits per heavy atom. The number of pyridine rings is 1. The molecule has 148 valence electrons. The number of hydrogen-bond acceptors (Lipinski definition) is 4. The van der Waals surface area contributed by atoms with Crippen LogP contribution in [0.15, 0.2) is 18.3 Å². The number of amides is 1. The molecule has 0 aromatic carbocycles. The molecule has 2 atom stereocenters. The molecule has 9 heteroatoms. The second kappa shape index (κ2) is 10.2. The van der Waals surface area contributed by atoms with E-state index in [1.54, 1.807) is 6.07 Å². The molecule has 2 bridgehead atoms. The van der Waals surface area contributed by atoms with Gasteiger partial charge < -0.3 is 15.8 Å². The fourth-order valence-electron chi connectivity index (χ4n) is 4.07. The molecule has 3 rings (SSSR count). The maximum atomic E-state index is 12.6. The van der Waals surface area contributed by atoms with Crippen LogP contribution in [0.25, 0.3) is 0 Å². The predicted molar refractivity (Wildman–Crippen MR) is 99.5 cm³/mol. The van der Waals surface area contributed by atoms with E-state index >= 15 is 0 Å². The van der Waals surface area contributed by atoms with Gasteiger partial charge in [-0.05, 0) is 49.7 Å². The van der Waals surface area contributed by atoms with Gasteiger partial charge in [0.25, 0.3) is 12.3 Å². The van der Waals surface area contributed by atoms with Gasteiger partial charge in [0.05, 0.1) is 0 Å². The molecule has 26 heavy (non-hydrogen) atoms. The molecule has 3 N–H and O–H groups in total. The van der Waals surface area contributed by atoms with Crippen LogP contribution in [0.2, 0.25) is 0 Å². The number of nitrogens with two attached hydrogens (primary N) is 1. The van der Waals surface area contributed by atoms with Gasteiger partial charge in [0.15, 0.2) is 11.4 Å². The maximum Gasteiger partial charge on any atom is 0.273 e. The third-order valence-electron chi connectivity index (χ3n) is 5.02. The first-order valence-corrected chi connectivity index (χ1v) is 8.47. The average Bonchev–Trinajstić information content (AvgIpc) is 2.54. The molecule has 2 unspecified atom stereocenters. The molecule has 0 saturated heterocycles. The molecule has 0 spiro atoms. The Balaban J connectivity index is 0.00000169. The van der Waals surface area contributed by atoms with Gasteiger partial charge in [-0.2, -0.15) is 0 Å². The van der Waals surface area contributed by atoms with Gasteiger partial charge in [0.2, 0.25) is 0 Å². The van der Waals surface area contributed by atoms with Crippen molar-refractivity contribution in [2.24, 2.45) is 17.6 Å². The Morgan fingerprint density at radius 2 is 1.96 bits per heavy atom. The fourth-order valence-corrected chi connectivity index (χ4v) is 4.07. The summed E-state index contributed by atoms with van der Waals surface area (Å²) < 4.78 is 29.7. The SMILES string of the molecule is Cl.Cl.NC1CC2CCCC(C1)C2NC(=O)c1ncccc1OCC(F)F. The van der Waals surface area contributed by atoms with Crippen molar-refractivity contribution in [3.63, 3.8) is 0 Å². The Hall–Kier alpha value is -1.18. The first-order chi connectivity index (χ1) is 11.5. The molecule has 1 amide bonds. The van der Waals surface area contributed by atoms with Crippen molar-refractivity contribution in [3.05, 3.63) is 24.0 Å². The average molecular weight is 412 g/mol. The lowest BCUT2D eigenvalue weighted by molar-refractivity contribution is 0.0715. The van der Waals surface area contributed by atoms with Crippen molar-refractivity contribution in [2.75, 3.05) is 6.61 Å². The van der Waals surface area contributed by atoms with Gasteiger partial charge in [-0.1, -0.05) is 6.42 Å². The highest BCUT2D eigenvalue weighted by atomic mass is 35.5. The summed E-state index contributed by atoms with van der Waals surface area (Å²) >= 11 is 0. The van der Waals surface area contributed by atoms with Crippen molar-refractivity contribution >= 4 is 30.7 Å². The summed E-state index contributed by atoms with van der Waals surface area (Å²) in [6, 6.07) is 3.33. The van der Waals surface area contributed by atoms with Crippen LogP contribution in [-0.2, 0) is 0 Å². The lowest BCUT2D eigenvalue weighted by Crippen LogP contribution is -2.53. The Bertz CT molecular complexity index is 581. The largest absolute Gasteiger partial charge is 0.485 e. The van der Waals surface area contributed by atoms with Crippen LogP contribution >= 0.6 is 24.8 Å². The van der Waals surface area contributed by atoms with Gasteiger partial charge in [-0.3, -0.25) is 4.79 Å². The first kappa shape index (κ1) is 22.9. The minimum absolute atomic E-state index is 0. The van der Waals surface area contributed by atoms with Gasteiger partial charge >= 0.3 is 0 Å². The Kier molecular flexibility index (Phi) is 9.00. The van der Waals surface area contributed by atoms with Crippen LogP contribution in [0, 0.1) is 11.8 Å². The van der Waals surface area contributed by atoms with Crippen molar-refractivity contribution < 1.29 is 18.3 Å². The molecule has 2 aliphatic rings. The zero-order valence-corrected chi connectivity index (χ0v) is 15.9. The van der Waals surface area contributed by atoms with Gasteiger partial charge in [0, 0.05) is 18.3 Å².